The summed E-state index contributed by atoms with van der Waals surface area (Å²) in [5.74, 6) is 1.29. The maximum absolute atomic E-state index is 13.1. The Morgan fingerprint density at radius 1 is 1.00 bits per heavy atom. The Labute approximate surface area is 171 Å². The fraction of sp³-hybridized carbons (Fsp3) is 0.727. The van der Waals surface area contributed by atoms with Crippen molar-refractivity contribution in [3.63, 3.8) is 0 Å². The number of hydrogen-bond donors (Lipinski definition) is 0. The van der Waals surface area contributed by atoms with Gasteiger partial charge in [-0.1, -0.05) is 0 Å². The second kappa shape index (κ2) is 7.79. The molecule has 0 radical (unpaired) electrons. The van der Waals surface area contributed by atoms with Gasteiger partial charge in [0.25, 0.3) is 5.91 Å². The molecule has 2 aliphatic heterocycles. The third kappa shape index (κ3) is 3.73. The van der Waals surface area contributed by atoms with E-state index in [1.54, 1.807) is 11.3 Å². The molecule has 0 N–H and O–H groups in total. The van der Waals surface area contributed by atoms with Crippen LogP contribution in [-0.2, 0) is 17.6 Å². The average Bonchev–Trinajstić information content (AvgIpc) is 3.38. The lowest BCUT2D eigenvalue weighted by molar-refractivity contribution is -0.132. The lowest BCUT2D eigenvalue weighted by Gasteiger charge is -2.26. The molecule has 3 heterocycles. The van der Waals surface area contributed by atoms with Gasteiger partial charge >= 0.3 is 0 Å². The van der Waals surface area contributed by atoms with Crippen LogP contribution in [0.2, 0.25) is 0 Å². The maximum Gasteiger partial charge on any atom is 0.263 e. The molecule has 4 aliphatic rings. The largest absolute Gasteiger partial charge is 0.341 e. The van der Waals surface area contributed by atoms with Gasteiger partial charge in [0.15, 0.2) is 0 Å². The molecule has 152 valence electrons. The van der Waals surface area contributed by atoms with E-state index in [4.69, 9.17) is 0 Å². The highest BCUT2D eigenvalue weighted by molar-refractivity contribution is 7.14. The normalized spacial score (nSPS) is 26.4. The number of rotatable bonds is 4. The van der Waals surface area contributed by atoms with Gasteiger partial charge in [-0.15, -0.1) is 11.3 Å². The summed E-state index contributed by atoms with van der Waals surface area (Å²) in [5.41, 5.74) is 1.41. The number of thiophene rings is 1. The molecular weight excluding hydrogens is 370 g/mol. The van der Waals surface area contributed by atoms with Crippen molar-refractivity contribution in [2.45, 2.75) is 57.4 Å². The molecule has 1 aromatic heterocycles. The zero-order valence-corrected chi connectivity index (χ0v) is 17.5. The van der Waals surface area contributed by atoms with Gasteiger partial charge in [0.2, 0.25) is 5.91 Å². The lowest BCUT2D eigenvalue weighted by atomic mass is 9.99. The van der Waals surface area contributed by atoms with Crippen molar-refractivity contribution in [1.29, 1.82) is 0 Å². The number of aryl methyl sites for hydroxylation is 2. The Morgan fingerprint density at radius 2 is 1.86 bits per heavy atom. The minimum absolute atomic E-state index is 0.0443. The lowest BCUT2D eigenvalue weighted by Crippen LogP contribution is -2.44. The fourth-order valence-corrected chi connectivity index (χ4v) is 6.28. The van der Waals surface area contributed by atoms with E-state index in [9.17, 15) is 9.59 Å². The van der Waals surface area contributed by atoms with Crippen LogP contribution in [0.25, 0.3) is 0 Å². The van der Waals surface area contributed by atoms with Gasteiger partial charge in [0.1, 0.15) is 0 Å². The van der Waals surface area contributed by atoms with E-state index in [0.29, 0.717) is 5.91 Å². The molecule has 0 spiro atoms. The van der Waals surface area contributed by atoms with Crippen molar-refractivity contribution in [2.24, 2.45) is 5.92 Å². The van der Waals surface area contributed by atoms with Gasteiger partial charge in [-0.3, -0.25) is 14.5 Å². The fourth-order valence-electron chi connectivity index (χ4n) is 5.06. The predicted molar refractivity (Wildman–Crippen MR) is 111 cm³/mol. The Hall–Kier alpha value is -1.40. The van der Waals surface area contributed by atoms with E-state index in [0.717, 1.165) is 75.7 Å². The molecule has 28 heavy (non-hydrogen) atoms. The summed E-state index contributed by atoms with van der Waals surface area (Å²) >= 11 is 1.72. The van der Waals surface area contributed by atoms with Crippen molar-refractivity contribution < 1.29 is 9.59 Å². The van der Waals surface area contributed by atoms with Crippen molar-refractivity contribution >= 4 is 23.2 Å². The first kappa shape index (κ1) is 18.6. The molecule has 2 amide bonds. The molecule has 5 nitrogen and oxygen atoms in total. The topological polar surface area (TPSA) is 43.9 Å². The van der Waals surface area contributed by atoms with Crippen LogP contribution in [-0.4, -0.2) is 71.8 Å². The van der Waals surface area contributed by atoms with E-state index < -0.39 is 0 Å². The number of likely N-dealkylation sites (tertiary alicyclic amines) is 1. The first-order chi connectivity index (χ1) is 13.7. The van der Waals surface area contributed by atoms with Crippen LogP contribution in [0.4, 0.5) is 0 Å². The van der Waals surface area contributed by atoms with E-state index in [1.165, 1.54) is 36.1 Å². The Kier molecular flexibility index (Phi) is 5.18. The standard InChI is InChI=1S/C22H31N3O2S/c26-21-18(8-11-25(21)15-16-6-7-16)23-9-3-10-24(13-12-23)22(27)20-14-17-4-1-2-5-19(17)28-20/h14,16,18H,1-13,15H2/t18-/m1/s1. The molecule has 1 saturated carbocycles. The van der Waals surface area contributed by atoms with E-state index in [2.05, 4.69) is 15.9 Å². The van der Waals surface area contributed by atoms with Crippen LogP contribution in [0.15, 0.2) is 6.07 Å². The number of hydrogen-bond acceptors (Lipinski definition) is 4. The highest BCUT2D eigenvalue weighted by Gasteiger charge is 2.39. The number of fused-ring (bicyclic) bond motifs is 1. The van der Waals surface area contributed by atoms with Gasteiger partial charge in [-0.25, -0.2) is 0 Å². The molecule has 0 unspecified atom stereocenters. The second-order valence-electron chi connectivity index (χ2n) is 8.98. The van der Waals surface area contributed by atoms with E-state index in [1.807, 2.05) is 4.90 Å². The summed E-state index contributed by atoms with van der Waals surface area (Å²) in [5, 5.41) is 0. The van der Waals surface area contributed by atoms with Gasteiger partial charge in [0, 0.05) is 44.1 Å². The summed E-state index contributed by atoms with van der Waals surface area (Å²) in [6.45, 7) is 5.19. The molecule has 1 atom stereocenters. The minimum Gasteiger partial charge on any atom is -0.341 e. The summed E-state index contributed by atoms with van der Waals surface area (Å²) in [6.07, 6.45) is 9.29. The molecule has 5 rings (SSSR count). The van der Waals surface area contributed by atoms with E-state index in [-0.39, 0.29) is 11.9 Å². The van der Waals surface area contributed by atoms with E-state index >= 15 is 0 Å². The van der Waals surface area contributed by atoms with Gasteiger partial charge in [0.05, 0.1) is 10.9 Å². The first-order valence-corrected chi connectivity index (χ1v) is 11.9. The van der Waals surface area contributed by atoms with Crippen molar-refractivity contribution in [3.05, 3.63) is 21.4 Å². The summed E-state index contributed by atoms with van der Waals surface area (Å²) < 4.78 is 0. The summed E-state index contributed by atoms with van der Waals surface area (Å²) in [6, 6.07) is 2.20. The van der Waals surface area contributed by atoms with Gasteiger partial charge in [-0.2, -0.15) is 0 Å². The van der Waals surface area contributed by atoms with Crippen molar-refractivity contribution in [3.8, 4) is 0 Å². The summed E-state index contributed by atoms with van der Waals surface area (Å²) in [7, 11) is 0. The molecule has 2 aliphatic carbocycles. The molecule has 1 aromatic rings. The van der Waals surface area contributed by atoms with Crippen LogP contribution in [0.5, 0.6) is 0 Å². The average molecular weight is 402 g/mol. The summed E-state index contributed by atoms with van der Waals surface area (Å²) in [4.78, 5) is 34.7. The quantitative estimate of drug-likeness (QED) is 0.779. The number of carbonyl (C=O) groups is 2. The third-order valence-corrected chi connectivity index (χ3v) is 8.14. The zero-order chi connectivity index (χ0) is 19.1. The van der Waals surface area contributed by atoms with Crippen molar-refractivity contribution in [2.75, 3.05) is 39.3 Å². The molecule has 3 fully saturated rings. The minimum atomic E-state index is 0.0443. The number of nitrogens with zero attached hydrogens (tertiary/aromatic N) is 3. The van der Waals surface area contributed by atoms with Crippen LogP contribution in [0, 0.1) is 5.92 Å². The Balaban J connectivity index is 1.20. The molecule has 0 bridgehead atoms. The van der Waals surface area contributed by atoms with Crippen LogP contribution in [0.1, 0.15) is 58.6 Å². The smallest absolute Gasteiger partial charge is 0.263 e. The number of amides is 2. The molecule has 6 heteroatoms. The molecule has 0 aromatic carbocycles. The van der Waals surface area contributed by atoms with Crippen LogP contribution in [0.3, 0.4) is 0 Å². The molecule has 2 saturated heterocycles. The monoisotopic (exact) mass is 401 g/mol. The van der Waals surface area contributed by atoms with Gasteiger partial charge < -0.3 is 9.80 Å². The Morgan fingerprint density at radius 3 is 2.68 bits per heavy atom. The maximum atomic E-state index is 13.1. The molecular formula is C22H31N3O2S. The number of carbonyl (C=O) groups excluding carboxylic acids is 2. The van der Waals surface area contributed by atoms with Crippen molar-refractivity contribution in [1.82, 2.24) is 14.7 Å². The third-order valence-electron chi connectivity index (χ3n) is 6.91. The van der Waals surface area contributed by atoms with Gasteiger partial charge in [-0.05, 0) is 68.9 Å². The Bertz CT molecular complexity index is 733. The SMILES string of the molecule is O=C(c1cc2c(s1)CCCC2)N1CCCN([C@@H]2CCN(CC3CC3)C2=O)CC1. The van der Waals surface area contributed by atoms with Crippen LogP contribution < -0.4 is 0 Å². The highest BCUT2D eigenvalue weighted by Crippen LogP contribution is 2.32. The zero-order valence-electron chi connectivity index (χ0n) is 16.7. The first-order valence-electron chi connectivity index (χ1n) is 11.1. The second-order valence-corrected chi connectivity index (χ2v) is 10.1. The highest BCUT2D eigenvalue weighted by atomic mass is 32.1. The predicted octanol–water partition coefficient (Wildman–Crippen LogP) is 2.79. The van der Waals surface area contributed by atoms with Crippen LogP contribution >= 0.6 is 11.3 Å².